The van der Waals surface area contributed by atoms with Crippen molar-refractivity contribution < 1.29 is 14.4 Å². The molecule has 0 aromatic carbocycles. The van der Waals surface area contributed by atoms with Gasteiger partial charge in [0.2, 0.25) is 17.6 Å². The molecule has 0 unspecified atom stereocenters. The molecule has 7 heteroatoms. The first-order valence-corrected chi connectivity index (χ1v) is 9.38. The Morgan fingerprint density at radius 1 is 1.38 bits per heavy atom. The SMILES string of the molecule is O=C(CCCc1nc(-c2cccs2)no1)NCC1(O)CCCCC1. The molecule has 0 aliphatic heterocycles. The number of carbonyl (C=O) groups excluding carboxylic acids is 1. The second-order valence-electron chi connectivity index (χ2n) is 6.40. The molecule has 1 aliphatic rings. The third kappa shape index (κ3) is 4.64. The average molecular weight is 349 g/mol. The third-order valence-electron chi connectivity index (χ3n) is 4.40. The number of amides is 1. The maximum Gasteiger partial charge on any atom is 0.226 e. The molecule has 24 heavy (non-hydrogen) atoms. The highest BCUT2D eigenvalue weighted by Crippen LogP contribution is 2.27. The third-order valence-corrected chi connectivity index (χ3v) is 5.27. The Labute approximate surface area is 145 Å². The van der Waals surface area contributed by atoms with E-state index in [1.165, 1.54) is 6.42 Å². The van der Waals surface area contributed by atoms with Gasteiger partial charge in [-0.15, -0.1) is 11.3 Å². The number of aryl methyl sites for hydroxylation is 1. The zero-order valence-corrected chi connectivity index (χ0v) is 14.5. The molecular formula is C17H23N3O3S. The molecule has 2 N–H and O–H groups in total. The minimum absolute atomic E-state index is 0.0352. The van der Waals surface area contributed by atoms with E-state index in [4.69, 9.17) is 4.52 Å². The maximum absolute atomic E-state index is 11.9. The quantitative estimate of drug-likeness (QED) is 0.802. The van der Waals surface area contributed by atoms with E-state index < -0.39 is 5.60 Å². The fraction of sp³-hybridized carbons (Fsp3) is 0.588. The average Bonchev–Trinajstić information content (AvgIpc) is 3.25. The number of rotatable bonds is 7. The van der Waals surface area contributed by atoms with Crippen molar-refractivity contribution in [2.24, 2.45) is 0 Å². The molecule has 1 aliphatic carbocycles. The fourth-order valence-corrected chi connectivity index (χ4v) is 3.65. The van der Waals surface area contributed by atoms with Crippen LogP contribution in [0.4, 0.5) is 0 Å². The Kier molecular flexibility index (Phi) is 5.63. The number of aliphatic hydroxyl groups is 1. The van der Waals surface area contributed by atoms with Gasteiger partial charge in [0.15, 0.2) is 0 Å². The van der Waals surface area contributed by atoms with Crippen LogP contribution in [0, 0.1) is 0 Å². The second-order valence-corrected chi connectivity index (χ2v) is 7.35. The van der Waals surface area contributed by atoms with Crippen molar-refractivity contribution in [1.82, 2.24) is 15.5 Å². The Hall–Kier alpha value is -1.73. The van der Waals surface area contributed by atoms with Crippen molar-refractivity contribution in [2.75, 3.05) is 6.54 Å². The van der Waals surface area contributed by atoms with Crippen LogP contribution < -0.4 is 5.32 Å². The smallest absolute Gasteiger partial charge is 0.226 e. The Bertz CT molecular complexity index is 648. The minimum atomic E-state index is -0.712. The van der Waals surface area contributed by atoms with Gasteiger partial charge in [0.05, 0.1) is 10.5 Å². The normalized spacial score (nSPS) is 16.9. The Morgan fingerprint density at radius 3 is 2.96 bits per heavy atom. The van der Waals surface area contributed by atoms with Crippen molar-refractivity contribution >= 4 is 17.2 Å². The predicted molar refractivity (Wildman–Crippen MR) is 91.6 cm³/mol. The highest BCUT2D eigenvalue weighted by atomic mass is 32.1. The first-order valence-electron chi connectivity index (χ1n) is 8.50. The molecule has 3 rings (SSSR count). The van der Waals surface area contributed by atoms with Gasteiger partial charge in [0.25, 0.3) is 0 Å². The molecule has 0 saturated heterocycles. The van der Waals surface area contributed by atoms with Crippen LogP contribution in [0.1, 0.15) is 50.8 Å². The molecule has 1 amide bonds. The lowest BCUT2D eigenvalue weighted by molar-refractivity contribution is -0.122. The predicted octanol–water partition coefficient (Wildman–Crippen LogP) is 2.93. The van der Waals surface area contributed by atoms with Crippen LogP contribution >= 0.6 is 11.3 Å². The summed E-state index contributed by atoms with van der Waals surface area (Å²) in [4.78, 5) is 17.2. The summed E-state index contributed by atoms with van der Waals surface area (Å²) in [6, 6.07) is 3.89. The lowest BCUT2D eigenvalue weighted by atomic mass is 9.85. The lowest BCUT2D eigenvalue weighted by Gasteiger charge is -2.32. The van der Waals surface area contributed by atoms with E-state index >= 15 is 0 Å². The van der Waals surface area contributed by atoms with Crippen molar-refractivity contribution in [3.05, 3.63) is 23.4 Å². The standard InChI is InChI=1S/C17H23N3O3S/c21-14(18-12-17(22)9-2-1-3-10-17)7-4-8-15-19-16(20-23-15)13-6-5-11-24-13/h5-6,11,22H,1-4,7-10,12H2,(H,18,21). The van der Waals surface area contributed by atoms with Gasteiger partial charge in [0, 0.05) is 19.4 Å². The van der Waals surface area contributed by atoms with Crippen LogP contribution in [-0.2, 0) is 11.2 Å². The summed E-state index contributed by atoms with van der Waals surface area (Å²) >= 11 is 1.56. The number of thiophene rings is 1. The second kappa shape index (κ2) is 7.90. The summed E-state index contributed by atoms with van der Waals surface area (Å²) in [6.07, 6.45) is 6.43. The summed E-state index contributed by atoms with van der Waals surface area (Å²) in [6.45, 7) is 0.356. The molecule has 1 saturated carbocycles. The molecule has 0 spiro atoms. The lowest BCUT2D eigenvalue weighted by Crippen LogP contribution is -2.44. The summed E-state index contributed by atoms with van der Waals surface area (Å²) in [7, 11) is 0. The van der Waals surface area contributed by atoms with Crippen LogP contribution in [0.15, 0.2) is 22.0 Å². The Morgan fingerprint density at radius 2 is 2.21 bits per heavy atom. The first kappa shape index (κ1) is 17.1. The molecule has 2 aromatic heterocycles. The van der Waals surface area contributed by atoms with Gasteiger partial charge in [-0.1, -0.05) is 30.5 Å². The van der Waals surface area contributed by atoms with Gasteiger partial charge < -0.3 is 14.9 Å². The number of nitrogens with zero attached hydrogens (tertiary/aromatic N) is 2. The molecule has 2 heterocycles. The molecule has 1 fully saturated rings. The van der Waals surface area contributed by atoms with Gasteiger partial charge in [-0.05, 0) is 30.7 Å². The molecule has 0 atom stereocenters. The van der Waals surface area contributed by atoms with Crippen molar-refractivity contribution in [3.63, 3.8) is 0 Å². The van der Waals surface area contributed by atoms with E-state index in [1.807, 2.05) is 17.5 Å². The molecular weight excluding hydrogens is 326 g/mol. The highest BCUT2D eigenvalue weighted by molar-refractivity contribution is 7.13. The van der Waals surface area contributed by atoms with Crippen molar-refractivity contribution in [1.29, 1.82) is 0 Å². The minimum Gasteiger partial charge on any atom is -0.388 e. The van der Waals surface area contributed by atoms with Crippen molar-refractivity contribution in [3.8, 4) is 10.7 Å². The van der Waals surface area contributed by atoms with Crippen LogP contribution in [0.25, 0.3) is 10.7 Å². The topological polar surface area (TPSA) is 88.2 Å². The molecule has 6 nitrogen and oxygen atoms in total. The van der Waals surface area contributed by atoms with Crippen LogP contribution in [-0.4, -0.2) is 33.3 Å². The van der Waals surface area contributed by atoms with Crippen molar-refractivity contribution in [2.45, 2.75) is 57.0 Å². The van der Waals surface area contributed by atoms with Crippen LogP contribution in [0.3, 0.4) is 0 Å². The van der Waals surface area contributed by atoms with Crippen LogP contribution in [0.2, 0.25) is 0 Å². The fourth-order valence-electron chi connectivity index (χ4n) is 3.00. The Balaban J connectivity index is 1.37. The molecule has 0 bridgehead atoms. The van der Waals surface area contributed by atoms with Gasteiger partial charge in [-0.25, -0.2) is 0 Å². The number of hydrogen-bond donors (Lipinski definition) is 2. The molecule has 2 aromatic rings. The van der Waals surface area contributed by atoms with E-state index in [-0.39, 0.29) is 5.91 Å². The zero-order valence-electron chi connectivity index (χ0n) is 13.7. The van der Waals surface area contributed by atoms with E-state index in [9.17, 15) is 9.90 Å². The monoisotopic (exact) mass is 349 g/mol. The number of carbonyl (C=O) groups is 1. The summed E-state index contributed by atoms with van der Waals surface area (Å²) in [5, 5.41) is 19.1. The number of nitrogens with one attached hydrogen (secondary N) is 1. The highest BCUT2D eigenvalue weighted by Gasteiger charge is 2.29. The van der Waals surface area contributed by atoms with Crippen LogP contribution in [0.5, 0.6) is 0 Å². The summed E-state index contributed by atoms with van der Waals surface area (Å²) in [5.74, 6) is 1.12. The first-order chi connectivity index (χ1) is 11.6. The molecule has 130 valence electrons. The molecule has 0 radical (unpaired) electrons. The van der Waals surface area contributed by atoms with E-state index in [2.05, 4.69) is 15.5 Å². The van der Waals surface area contributed by atoms with E-state index in [1.54, 1.807) is 11.3 Å². The summed E-state index contributed by atoms with van der Waals surface area (Å²) < 4.78 is 5.22. The largest absolute Gasteiger partial charge is 0.388 e. The van der Waals surface area contributed by atoms with Gasteiger partial charge in [-0.2, -0.15) is 4.98 Å². The van der Waals surface area contributed by atoms with E-state index in [0.717, 1.165) is 30.6 Å². The van der Waals surface area contributed by atoms with Gasteiger partial charge in [-0.3, -0.25) is 4.79 Å². The van der Waals surface area contributed by atoms with E-state index in [0.29, 0.717) is 37.5 Å². The zero-order chi connectivity index (χ0) is 16.8. The van der Waals surface area contributed by atoms with Gasteiger partial charge >= 0.3 is 0 Å². The number of hydrogen-bond acceptors (Lipinski definition) is 6. The summed E-state index contributed by atoms with van der Waals surface area (Å²) in [5.41, 5.74) is -0.712. The number of aromatic nitrogens is 2. The maximum atomic E-state index is 11.9. The van der Waals surface area contributed by atoms with Gasteiger partial charge in [0.1, 0.15) is 0 Å².